The first-order valence-electron chi connectivity index (χ1n) is 5.80. The maximum Gasteiger partial charge on any atom is 0.251 e. The van der Waals surface area contributed by atoms with E-state index in [-0.39, 0.29) is 16.8 Å². The molecule has 0 spiro atoms. The summed E-state index contributed by atoms with van der Waals surface area (Å²) in [5, 5.41) is 7.89. The number of amides is 1. The van der Waals surface area contributed by atoms with Crippen LogP contribution in [0.4, 0.5) is 0 Å². The summed E-state index contributed by atoms with van der Waals surface area (Å²) < 4.78 is 23.3. The van der Waals surface area contributed by atoms with Gasteiger partial charge in [0.15, 0.2) is 0 Å². The molecule has 1 rings (SSSR count). The van der Waals surface area contributed by atoms with Crippen molar-refractivity contribution in [1.29, 1.82) is 0 Å². The second kappa shape index (κ2) is 6.02. The zero-order chi connectivity index (χ0) is 14.8. The van der Waals surface area contributed by atoms with Crippen LogP contribution in [0.3, 0.4) is 0 Å². The van der Waals surface area contributed by atoms with Gasteiger partial charge in [-0.05, 0) is 38.0 Å². The lowest BCUT2D eigenvalue weighted by atomic mass is 10.1. The van der Waals surface area contributed by atoms with Gasteiger partial charge in [-0.1, -0.05) is 22.9 Å². The maximum absolute atomic E-state index is 12.1. The molecule has 1 aromatic carbocycles. The van der Waals surface area contributed by atoms with Crippen LogP contribution in [0, 0.1) is 6.92 Å². The number of hydrogen-bond acceptors (Lipinski definition) is 3. The first-order chi connectivity index (χ1) is 8.66. The number of rotatable bonds is 4. The highest BCUT2D eigenvalue weighted by Gasteiger charge is 2.18. The highest BCUT2D eigenvalue weighted by molar-refractivity contribution is 9.10. The normalized spacial score (nSPS) is 13.1. The minimum absolute atomic E-state index is 0.0174. The molecule has 0 bridgehead atoms. The number of primary sulfonamides is 1. The average molecular weight is 349 g/mol. The van der Waals surface area contributed by atoms with E-state index in [4.69, 9.17) is 5.14 Å². The van der Waals surface area contributed by atoms with Gasteiger partial charge in [0.2, 0.25) is 10.0 Å². The van der Waals surface area contributed by atoms with Gasteiger partial charge in [-0.2, -0.15) is 0 Å². The Labute approximate surface area is 121 Å². The highest BCUT2D eigenvalue weighted by atomic mass is 79.9. The Morgan fingerprint density at radius 3 is 2.53 bits per heavy atom. The van der Waals surface area contributed by atoms with Crippen molar-refractivity contribution in [1.82, 2.24) is 5.32 Å². The Balaban J connectivity index is 3.27. The number of carbonyl (C=O) groups is 1. The van der Waals surface area contributed by atoms with E-state index >= 15 is 0 Å². The lowest BCUT2D eigenvalue weighted by molar-refractivity contribution is 0.0938. The van der Waals surface area contributed by atoms with Crippen molar-refractivity contribution in [2.24, 2.45) is 5.14 Å². The number of nitrogens with one attached hydrogen (secondary N) is 1. The summed E-state index contributed by atoms with van der Waals surface area (Å²) in [4.78, 5) is 12.0. The summed E-state index contributed by atoms with van der Waals surface area (Å²) >= 11 is 3.24. The monoisotopic (exact) mass is 348 g/mol. The van der Waals surface area contributed by atoms with E-state index in [1.807, 2.05) is 13.8 Å². The molecule has 0 aliphatic heterocycles. The predicted molar refractivity (Wildman–Crippen MR) is 77.5 cm³/mol. The predicted octanol–water partition coefficient (Wildman–Crippen LogP) is 1.93. The topological polar surface area (TPSA) is 89.3 Å². The number of benzene rings is 1. The maximum atomic E-state index is 12.1. The smallest absolute Gasteiger partial charge is 0.251 e. The van der Waals surface area contributed by atoms with Gasteiger partial charge in [0.1, 0.15) is 0 Å². The van der Waals surface area contributed by atoms with Gasteiger partial charge in [0, 0.05) is 16.1 Å². The molecule has 0 heterocycles. The molecule has 0 saturated heterocycles. The molecule has 0 aliphatic rings. The molecule has 19 heavy (non-hydrogen) atoms. The van der Waals surface area contributed by atoms with Crippen LogP contribution >= 0.6 is 15.9 Å². The fourth-order valence-electron chi connectivity index (χ4n) is 1.46. The number of halogens is 1. The molecule has 0 aliphatic carbocycles. The van der Waals surface area contributed by atoms with Gasteiger partial charge in [0.05, 0.1) is 4.90 Å². The van der Waals surface area contributed by atoms with Gasteiger partial charge in [-0.3, -0.25) is 4.79 Å². The first-order valence-corrected chi connectivity index (χ1v) is 8.14. The molecule has 1 atom stereocenters. The van der Waals surface area contributed by atoms with E-state index < -0.39 is 10.0 Å². The Bertz CT molecular complexity index is 599. The van der Waals surface area contributed by atoms with Gasteiger partial charge >= 0.3 is 0 Å². The zero-order valence-electron chi connectivity index (χ0n) is 11.0. The largest absolute Gasteiger partial charge is 0.350 e. The summed E-state index contributed by atoms with van der Waals surface area (Å²) in [7, 11) is -3.84. The molecule has 1 unspecified atom stereocenters. The number of carbonyl (C=O) groups excluding carboxylic acids is 1. The van der Waals surface area contributed by atoms with Gasteiger partial charge in [-0.25, -0.2) is 13.6 Å². The Morgan fingerprint density at radius 2 is 2.05 bits per heavy atom. The van der Waals surface area contributed by atoms with Crippen LogP contribution in [-0.4, -0.2) is 20.4 Å². The summed E-state index contributed by atoms with van der Waals surface area (Å²) in [6.45, 7) is 5.57. The van der Waals surface area contributed by atoms with Crippen molar-refractivity contribution < 1.29 is 13.2 Å². The van der Waals surface area contributed by atoms with E-state index in [2.05, 4.69) is 21.2 Å². The van der Waals surface area contributed by atoms with Crippen molar-refractivity contribution in [3.8, 4) is 0 Å². The molecule has 0 radical (unpaired) electrons. The van der Waals surface area contributed by atoms with Crippen LogP contribution in [0.5, 0.6) is 0 Å². The zero-order valence-corrected chi connectivity index (χ0v) is 13.4. The summed E-state index contributed by atoms with van der Waals surface area (Å²) in [5.41, 5.74) is 0.979. The molecule has 0 saturated carbocycles. The Hall–Kier alpha value is -0.920. The summed E-state index contributed by atoms with van der Waals surface area (Å²) in [6.07, 6.45) is 0.792. The first kappa shape index (κ1) is 16.1. The molecule has 7 heteroatoms. The minimum Gasteiger partial charge on any atom is -0.350 e. The average Bonchev–Trinajstić information content (AvgIpc) is 2.30. The van der Waals surface area contributed by atoms with Crippen LogP contribution in [0.2, 0.25) is 0 Å². The van der Waals surface area contributed by atoms with Gasteiger partial charge in [-0.15, -0.1) is 0 Å². The number of sulfonamides is 1. The molecule has 1 aromatic rings. The lowest BCUT2D eigenvalue weighted by Gasteiger charge is -2.14. The van der Waals surface area contributed by atoms with Gasteiger partial charge in [0.25, 0.3) is 5.91 Å². The molecule has 106 valence electrons. The van der Waals surface area contributed by atoms with E-state index in [1.165, 1.54) is 12.1 Å². The minimum atomic E-state index is -3.84. The lowest BCUT2D eigenvalue weighted by Crippen LogP contribution is -2.32. The molecule has 0 aromatic heterocycles. The molecule has 5 nitrogen and oxygen atoms in total. The number of hydrogen-bond donors (Lipinski definition) is 2. The third-order valence-corrected chi connectivity index (χ3v) is 4.60. The van der Waals surface area contributed by atoms with Crippen molar-refractivity contribution >= 4 is 31.9 Å². The van der Waals surface area contributed by atoms with Crippen molar-refractivity contribution in [2.75, 3.05) is 0 Å². The number of nitrogens with two attached hydrogens (primary N) is 1. The molecular formula is C12H17BrN2O3S. The van der Waals surface area contributed by atoms with Crippen LogP contribution in [-0.2, 0) is 10.0 Å². The standard InChI is InChI=1S/C12H17BrN2O3S/c1-4-7(2)15-12(16)10-5-9(19(14,17)18)6-11(13)8(10)3/h5-7H,4H2,1-3H3,(H,15,16)(H2,14,17,18). The highest BCUT2D eigenvalue weighted by Crippen LogP contribution is 2.24. The van der Waals surface area contributed by atoms with Crippen LogP contribution < -0.4 is 10.5 Å². The van der Waals surface area contributed by atoms with Crippen LogP contribution in [0.25, 0.3) is 0 Å². The Kier molecular flexibility index (Phi) is 5.11. The van der Waals surface area contributed by atoms with E-state index in [9.17, 15) is 13.2 Å². The van der Waals surface area contributed by atoms with Gasteiger partial charge < -0.3 is 5.32 Å². The SMILES string of the molecule is CCC(C)NC(=O)c1cc(S(N)(=O)=O)cc(Br)c1C. The van der Waals surface area contributed by atoms with E-state index in [1.54, 1.807) is 6.92 Å². The van der Waals surface area contributed by atoms with Crippen molar-refractivity contribution in [2.45, 2.75) is 38.1 Å². The summed E-state index contributed by atoms with van der Waals surface area (Å²) in [6, 6.07) is 2.71. The Morgan fingerprint density at radius 1 is 1.47 bits per heavy atom. The molecular weight excluding hydrogens is 332 g/mol. The quantitative estimate of drug-likeness (QED) is 0.870. The van der Waals surface area contributed by atoms with E-state index in [0.717, 1.165) is 6.42 Å². The van der Waals surface area contributed by atoms with Crippen molar-refractivity contribution in [3.05, 3.63) is 27.7 Å². The third kappa shape index (κ3) is 4.02. The van der Waals surface area contributed by atoms with Crippen LogP contribution in [0.1, 0.15) is 36.2 Å². The van der Waals surface area contributed by atoms with Crippen LogP contribution in [0.15, 0.2) is 21.5 Å². The van der Waals surface area contributed by atoms with Crippen molar-refractivity contribution in [3.63, 3.8) is 0 Å². The second-order valence-corrected chi connectivity index (χ2v) is 6.82. The second-order valence-electron chi connectivity index (χ2n) is 4.41. The molecule has 0 fully saturated rings. The fraction of sp³-hybridized carbons (Fsp3) is 0.417. The third-order valence-electron chi connectivity index (χ3n) is 2.88. The molecule has 3 N–H and O–H groups in total. The fourth-order valence-corrected chi connectivity index (χ4v) is 2.63. The summed E-state index contributed by atoms with van der Waals surface area (Å²) in [5.74, 6) is -0.307. The molecule has 1 amide bonds. The van der Waals surface area contributed by atoms with E-state index in [0.29, 0.717) is 15.6 Å².